The van der Waals surface area contributed by atoms with Crippen LogP contribution in [-0.2, 0) is 23.2 Å². The maximum absolute atomic E-state index is 12.4. The molecule has 1 aliphatic rings. The van der Waals surface area contributed by atoms with Gasteiger partial charge in [-0.05, 0) is 30.7 Å². The van der Waals surface area contributed by atoms with Crippen LogP contribution in [0.4, 0.5) is 11.4 Å². The number of carbonyl (C=O) groups excluding carboxylic acids is 2. The van der Waals surface area contributed by atoms with E-state index in [0.29, 0.717) is 23.1 Å². The number of fused-ring (bicyclic) bond motifs is 1. The normalized spacial score (nSPS) is 14.1. The molecule has 1 aromatic carbocycles. The number of aromatic nitrogens is 4. The van der Waals surface area contributed by atoms with Crippen molar-refractivity contribution in [2.24, 2.45) is 7.05 Å². The monoisotopic (exact) mass is 366 g/mol. The molecule has 2 amide bonds. The molecule has 1 fully saturated rings. The van der Waals surface area contributed by atoms with Crippen molar-refractivity contribution >= 4 is 34.2 Å². The van der Waals surface area contributed by atoms with Crippen LogP contribution in [0, 0.1) is 0 Å². The Morgan fingerprint density at radius 1 is 1.22 bits per heavy atom. The molecule has 1 saturated heterocycles. The average molecular weight is 366 g/mol. The molecule has 1 N–H and O–H groups in total. The van der Waals surface area contributed by atoms with E-state index in [0.717, 1.165) is 18.7 Å². The quantitative estimate of drug-likeness (QED) is 0.739. The number of anilines is 2. The van der Waals surface area contributed by atoms with E-state index < -0.39 is 0 Å². The lowest BCUT2D eigenvalue weighted by molar-refractivity contribution is -0.117. The van der Waals surface area contributed by atoms with E-state index in [2.05, 4.69) is 15.4 Å². The van der Waals surface area contributed by atoms with Crippen LogP contribution in [0.1, 0.15) is 12.8 Å². The fourth-order valence-electron chi connectivity index (χ4n) is 3.18. The zero-order valence-corrected chi connectivity index (χ0v) is 14.8. The summed E-state index contributed by atoms with van der Waals surface area (Å²) in [6.07, 6.45) is 4.22. The van der Waals surface area contributed by atoms with E-state index in [4.69, 9.17) is 0 Å². The van der Waals surface area contributed by atoms with Crippen LogP contribution >= 0.6 is 0 Å². The standard InChI is InChI=1S/C18H18N6O3/c1-22-17-14(9-20-22)18(27)23(11-19-17)10-15(25)21-12-4-6-13(7-5-12)24-8-2-3-16(24)26/h4-7,9,11H,2-3,8,10H2,1H3,(H,21,25). The van der Waals surface area contributed by atoms with E-state index >= 15 is 0 Å². The van der Waals surface area contributed by atoms with Gasteiger partial charge in [-0.3, -0.25) is 23.6 Å². The summed E-state index contributed by atoms with van der Waals surface area (Å²) >= 11 is 0. The predicted molar refractivity (Wildman–Crippen MR) is 99.4 cm³/mol. The summed E-state index contributed by atoms with van der Waals surface area (Å²) in [6.45, 7) is 0.570. The van der Waals surface area contributed by atoms with Gasteiger partial charge in [-0.25, -0.2) is 4.98 Å². The Bertz CT molecular complexity index is 1080. The van der Waals surface area contributed by atoms with Crippen molar-refractivity contribution in [1.29, 1.82) is 0 Å². The highest BCUT2D eigenvalue weighted by molar-refractivity contribution is 5.96. The molecule has 0 spiro atoms. The smallest absolute Gasteiger partial charge is 0.264 e. The molecule has 3 aromatic rings. The summed E-state index contributed by atoms with van der Waals surface area (Å²) in [5.74, 6) is -0.225. The maximum atomic E-state index is 12.4. The molecule has 0 unspecified atom stereocenters. The van der Waals surface area contributed by atoms with Crippen LogP contribution in [0.25, 0.3) is 11.0 Å². The Kier molecular flexibility index (Phi) is 4.19. The molecule has 9 heteroatoms. The molecule has 0 aliphatic carbocycles. The fraction of sp³-hybridized carbons (Fsp3) is 0.278. The maximum Gasteiger partial charge on any atom is 0.264 e. The lowest BCUT2D eigenvalue weighted by Crippen LogP contribution is -2.28. The van der Waals surface area contributed by atoms with Crippen molar-refractivity contribution in [2.45, 2.75) is 19.4 Å². The second-order valence-electron chi connectivity index (χ2n) is 6.43. The third kappa shape index (κ3) is 3.19. The third-order valence-electron chi connectivity index (χ3n) is 4.57. The highest BCUT2D eigenvalue weighted by Gasteiger charge is 2.21. The van der Waals surface area contributed by atoms with Crippen molar-refractivity contribution in [3.63, 3.8) is 0 Å². The van der Waals surface area contributed by atoms with E-state index in [1.54, 1.807) is 36.2 Å². The molecule has 2 aromatic heterocycles. The minimum Gasteiger partial charge on any atom is -0.325 e. The molecule has 4 rings (SSSR count). The first-order valence-electron chi connectivity index (χ1n) is 8.60. The fourth-order valence-corrected chi connectivity index (χ4v) is 3.18. The summed E-state index contributed by atoms with van der Waals surface area (Å²) in [6, 6.07) is 7.08. The van der Waals surface area contributed by atoms with Gasteiger partial charge in [0.1, 0.15) is 18.3 Å². The number of rotatable bonds is 4. The molecule has 1 aliphatic heterocycles. The molecular weight excluding hydrogens is 348 g/mol. The molecular formula is C18H18N6O3. The second-order valence-corrected chi connectivity index (χ2v) is 6.43. The Morgan fingerprint density at radius 3 is 2.70 bits per heavy atom. The Morgan fingerprint density at radius 2 is 2.00 bits per heavy atom. The number of benzene rings is 1. The highest BCUT2D eigenvalue weighted by atomic mass is 16.2. The molecule has 3 heterocycles. The predicted octanol–water partition coefficient (Wildman–Crippen LogP) is 0.895. The van der Waals surface area contributed by atoms with Crippen molar-refractivity contribution in [3.05, 3.63) is 47.1 Å². The van der Waals surface area contributed by atoms with Gasteiger partial charge in [0.25, 0.3) is 5.56 Å². The zero-order valence-electron chi connectivity index (χ0n) is 14.8. The lowest BCUT2D eigenvalue weighted by Gasteiger charge is -2.16. The van der Waals surface area contributed by atoms with Crippen LogP contribution in [0.2, 0.25) is 0 Å². The van der Waals surface area contributed by atoms with Gasteiger partial charge in [0.05, 0.1) is 6.20 Å². The van der Waals surface area contributed by atoms with Crippen LogP contribution < -0.4 is 15.8 Å². The Labute approximate surface area is 154 Å². The minimum atomic E-state index is -0.341. The molecule has 0 radical (unpaired) electrons. The molecule has 9 nitrogen and oxygen atoms in total. The zero-order chi connectivity index (χ0) is 19.0. The van der Waals surface area contributed by atoms with Gasteiger partial charge in [0.15, 0.2) is 5.65 Å². The van der Waals surface area contributed by atoms with Crippen LogP contribution in [0.3, 0.4) is 0 Å². The minimum absolute atomic E-state index is 0.115. The van der Waals surface area contributed by atoms with Crippen LogP contribution in [0.5, 0.6) is 0 Å². The average Bonchev–Trinajstić information content (AvgIpc) is 3.24. The summed E-state index contributed by atoms with van der Waals surface area (Å²) in [5, 5.41) is 7.12. The number of hydrogen-bond acceptors (Lipinski definition) is 5. The molecule has 27 heavy (non-hydrogen) atoms. The summed E-state index contributed by atoms with van der Waals surface area (Å²) < 4.78 is 2.75. The summed E-state index contributed by atoms with van der Waals surface area (Å²) in [7, 11) is 1.70. The molecule has 0 saturated carbocycles. The molecule has 138 valence electrons. The number of nitrogens with one attached hydrogen (secondary N) is 1. The van der Waals surface area contributed by atoms with Gasteiger partial charge in [-0.2, -0.15) is 5.10 Å². The largest absolute Gasteiger partial charge is 0.325 e. The van der Waals surface area contributed by atoms with E-state index in [9.17, 15) is 14.4 Å². The second kappa shape index (κ2) is 6.67. The van der Waals surface area contributed by atoms with Gasteiger partial charge in [0.2, 0.25) is 11.8 Å². The van der Waals surface area contributed by atoms with Gasteiger partial charge >= 0.3 is 0 Å². The van der Waals surface area contributed by atoms with E-state index in [1.165, 1.54) is 21.8 Å². The van der Waals surface area contributed by atoms with Gasteiger partial charge < -0.3 is 10.2 Å². The van der Waals surface area contributed by atoms with E-state index in [1.807, 2.05) is 0 Å². The van der Waals surface area contributed by atoms with Crippen molar-refractivity contribution < 1.29 is 9.59 Å². The first kappa shape index (κ1) is 17.0. The van der Waals surface area contributed by atoms with Gasteiger partial charge in [-0.1, -0.05) is 0 Å². The van der Waals surface area contributed by atoms with Crippen LogP contribution in [-0.4, -0.2) is 37.7 Å². The van der Waals surface area contributed by atoms with Gasteiger partial charge in [-0.15, -0.1) is 0 Å². The lowest BCUT2D eigenvalue weighted by atomic mass is 10.2. The SMILES string of the molecule is Cn1ncc2c(=O)n(CC(=O)Nc3ccc(N4CCCC4=O)cc3)cnc21. The number of amides is 2. The van der Waals surface area contributed by atoms with Crippen molar-refractivity contribution in [3.8, 4) is 0 Å². The van der Waals surface area contributed by atoms with Crippen molar-refractivity contribution in [1.82, 2.24) is 19.3 Å². The van der Waals surface area contributed by atoms with Crippen molar-refractivity contribution in [2.75, 3.05) is 16.8 Å². The number of carbonyl (C=O) groups is 2. The molecule has 0 atom stereocenters. The summed E-state index contributed by atoms with van der Waals surface area (Å²) in [5.41, 5.74) is 1.58. The Hall–Kier alpha value is -3.49. The van der Waals surface area contributed by atoms with Crippen LogP contribution in [0.15, 0.2) is 41.6 Å². The number of nitrogens with zero attached hydrogens (tertiary/aromatic N) is 5. The first-order valence-corrected chi connectivity index (χ1v) is 8.60. The summed E-state index contributed by atoms with van der Waals surface area (Å²) in [4.78, 5) is 42.4. The topological polar surface area (TPSA) is 102 Å². The van der Waals surface area contributed by atoms with Gasteiger partial charge in [0, 0.05) is 31.4 Å². The number of aryl methyl sites for hydroxylation is 1. The van der Waals surface area contributed by atoms with E-state index in [-0.39, 0.29) is 23.9 Å². The number of hydrogen-bond donors (Lipinski definition) is 1. The Balaban J connectivity index is 1.46. The highest BCUT2D eigenvalue weighted by Crippen LogP contribution is 2.23. The third-order valence-corrected chi connectivity index (χ3v) is 4.57. The first-order chi connectivity index (χ1) is 13.0. The molecule has 0 bridgehead atoms.